The summed E-state index contributed by atoms with van der Waals surface area (Å²) in [6.07, 6.45) is 0.888. The van der Waals surface area contributed by atoms with E-state index in [1.54, 1.807) is 13.0 Å². The lowest BCUT2D eigenvalue weighted by Gasteiger charge is -2.20. The fraction of sp³-hybridized carbons (Fsp3) is 0.571. The summed E-state index contributed by atoms with van der Waals surface area (Å²) in [6, 6.07) is 3.15. The van der Waals surface area contributed by atoms with Crippen LogP contribution in [-0.2, 0) is 14.8 Å². The number of nitrogens with one attached hydrogen (secondary N) is 1. The molecule has 0 spiro atoms. The molecule has 2 unspecified atom stereocenters. The van der Waals surface area contributed by atoms with Crippen LogP contribution in [0.5, 0.6) is 0 Å². The van der Waals surface area contributed by atoms with Gasteiger partial charge in [-0.1, -0.05) is 0 Å². The van der Waals surface area contributed by atoms with E-state index in [-0.39, 0.29) is 16.9 Å². The Hall–Kier alpha value is -1.11. The molecule has 5 nitrogen and oxygen atoms in total. The fourth-order valence-electron chi connectivity index (χ4n) is 2.48. The van der Waals surface area contributed by atoms with E-state index < -0.39 is 10.0 Å². The van der Waals surface area contributed by atoms with Gasteiger partial charge in [-0.05, 0) is 50.5 Å². The summed E-state index contributed by atoms with van der Waals surface area (Å²) < 4.78 is 33.1. The van der Waals surface area contributed by atoms with Crippen LogP contribution < -0.4 is 10.5 Å². The first kappa shape index (κ1) is 15.3. The Labute approximate surface area is 120 Å². The number of sulfonamides is 1. The molecule has 1 aliphatic rings. The van der Waals surface area contributed by atoms with E-state index in [1.807, 2.05) is 13.8 Å². The summed E-state index contributed by atoms with van der Waals surface area (Å²) in [7, 11) is -3.56. The van der Waals surface area contributed by atoms with Crippen LogP contribution in [-0.4, -0.2) is 27.7 Å². The highest BCUT2D eigenvalue weighted by Gasteiger charge is 2.27. The largest absolute Gasteiger partial charge is 0.399 e. The van der Waals surface area contributed by atoms with Gasteiger partial charge in [0.2, 0.25) is 10.0 Å². The molecule has 6 heteroatoms. The first-order valence-corrected chi connectivity index (χ1v) is 8.26. The third kappa shape index (κ3) is 3.13. The van der Waals surface area contributed by atoms with Gasteiger partial charge in [-0.3, -0.25) is 0 Å². The monoisotopic (exact) mass is 298 g/mol. The molecule has 0 radical (unpaired) electrons. The van der Waals surface area contributed by atoms with Gasteiger partial charge in [0.05, 0.1) is 11.5 Å². The van der Waals surface area contributed by atoms with Gasteiger partial charge in [-0.2, -0.15) is 0 Å². The average molecular weight is 298 g/mol. The van der Waals surface area contributed by atoms with Crippen molar-refractivity contribution in [3.8, 4) is 0 Å². The minimum Gasteiger partial charge on any atom is -0.399 e. The normalized spacial score (nSPS) is 21.1. The molecular weight excluding hydrogens is 276 g/mol. The lowest BCUT2D eigenvalue weighted by molar-refractivity contribution is 0.180. The molecule has 1 aliphatic heterocycles. The van der Waals surface area contributed by atoms with Crippen LogP contribution in [0, 0.1) is 19.8 Å². The minimum atomic E-state index is -3.56. The number of benzene rings is 1. The van der Waals surface area contributed by atoms with Crippen molar-refractivity contribution in [2.24, 2.45) is 5.92 Å². The Kier molecular flexibility index (Phi) is 4.36. The molecule has 0 aliphatic carbocycles. The van der Waals surface area contributed by atoms with E-state index in [0.29, 0.717) is 18.9 Å². The number of aryl methyl sites for hydroxylation is 1. The van der Waals surface area contributed by atoms with Crippen LogP contribution >= 0.6 is 0 Å². The quantitative estimate of drug-likeness (QED) is 0.827. The standard InChI is InChI=1S/C14H22N2O3S/c1-9-6-13(15)7-14(10(9)2)20(17,18)16-11(3)12-4-5-19-8-12/h6-7,11-12,16H,4-5,8,15H2,1-3H3. The first-order chi connectivity index (χ1) is 9.31. The predicted molar refractivity (Wildman–Crippen MR) is 79.0 cm³/mol. The Balaban J connectivity index is 2.26. The molecule has 3 N–H and O–H groups in total. The number of hydrogen-bond acceptors (Lipinski definition) is 4. The van der Waals surface area contributed by atoms with Gasteiger partial charge in [0.15, 0.2) is 0 Å². The van der Waals surface area contributed by atoms with Gasteiger partial charge in [0.1, 0.15) is 0 Å². The number of anilines is 1. The van der Waals surface area contributed by atoms with Crippen molar-refractivity contribution in [3.05, 3.63) is 23.3 Å². The molecule has 0 aromatic heterocycles. The lowest BCUT2D eigenvalue weighted by atomic mass is 10.0. The molecule has 1 saturated heterocycles. The Morgan fingerprint density at radius 2 is 2.10 bits per heavy atom. The zero-order valence-electron chi connectivity index (χ0n) is 12.1. The molecule has 1 heterocycles. The molecule has 1 aromatic carbocycles. The molecule has 1 fully saturated rings. The fourth-order valence-corrected chi connectivity index (χ4v) is 4.15. The second kappa shape index (κ2) is 5.71. The zero-order chi connectivity index (χ0) is 14.9. The maximum atomic E-state index is 12.5. The number of hydrogen-bond donors (Lipinski definition) is 2. The van der Waals surface area contributed by atoms with Crippen LogP contribution in [0.15, 0.2) is 17.0 Å². The van der Waals surface area contributed by atoms with Crippen LogP contribution in [0.2, 0.25) is 0 Å². The topological polar surface area (TPSA) is 81.4 Å². The second-order valence-corrected chi connectivity index (χ2v) is 7.18. The molecule has 2 rings (SSSR count). The maximum absolute atomic E-state index is 12.5. The van der Waals surface area contributed by atoms with Gasteiger partial charge >= 0.3 is 0 Å². The molecular formula is C14H22N2O3S. The smallest absolute Gasteiger partial charge is 0.241 e. The Morgan fingerprint density at radius 3 is 2.70 bits per heavy atom. The van der Waals surface area contributed by atoms with Crippen LogP contribution in [0.4, 0.5) is 5.69 Å². The van der Waals surface area contributed by atoms with Crippen molar-refractivity contribution in [1.82, 2.24) is 4.72 Å². The molecule has 0 bridgehead atoms. The molecule has 1 aromatic rings. The van der Waals surface area contributed by atoms with Crippen LogP contribution in [0.3, 0.4) is 0 Å². The van der Waals surface area contributed by atoms with Gasteiger partial charge in [-0.25, -0.2) is 13.1 Å². The van der Waals surface area contributed by atoms with Crippen molar-refractivity contribution in [2.45, 2.75) is 38.1 Å². The van der Waals surface area contributed by atoms with E-state index in [0.717, 1.165) is 17.5 Å². The predicted octanol–water partition coefficient (Wildman–Crippen LogP) is 1.59. The third-order valence-corrected chi connectivity index (χ3v) is 5.63. The SMILES string of the molecule is Cc1cc(N)cc(S(=O)(=O)NC(C)C2CCOC2)c1C. The number of nitrogens with two attached hydrogens (primary N) is 1. The zero-order valence-corrected chi connectivity index (χ0v) is 13.0. The van der Waals surface area contributed by atoms with Crippen molar-refractivity contribution in [3.63, 3.8) is 0 Å². The third-order valence-electron chi connectivity index (χ3n) is 3.94. The summed E-state index contributed by atoms with van der Waals surface area (Å²) in [5.41, 5.74) is 7.84. The van der Waals surface area contributed by atoms with E-state index in [9.17, 15) is 8.42 Å². The molecule has 0 amide bonds. The number of ether oxygens (including phenoxy) is 1. The van der Waals surface area contributed by atoms with Gasteiger partial charge in [0, 0.05) is 24.3 Å². The van der Waals surface area contributed by atoms with Crippen molar-refractivity contribution >= 4 is 15.7 Å². The highest BCUT2D eigenvalue weighted by molar-refractivity contribution is 7.89. The molecule has 112 valence electrons. The first-order valence-electron chi connectivity index (χ1n) is 6.78. The van der Waals surface area contributed by atoms with Gasteiger partial charge < -0.3 is 10.5 Å². The average Bonchev–Trinajstić information content (AvgIpc) is 2.86. The second-order valence-electron chi connectivity index (χ2n) is 5.49. The maximum Gasteiger partial charge on any atom is 0.241 e. The molecule has 0 saturated carbocycles. The highest BCUT2D eigenvalue weighted by Crippen LogP contribution is 2.24. The van der Waals surface area contributed by atoms with E-state index in [2.05, 4.69) is 4.72 Å². The Morgan fingerprint density at radius 1 is 1.40 bits per heavy atom. The van der Waals surface area contributed by atoms with Crippen molar-refractivity contribution in [2.75, 3.05) is 18.9 Å². The summed E-state index contributed by atoms with van der Waals surface area (Å²) in [6.45, 7) is 6.85. The van der Waals surface area contributed by atoms with Gasteiger partial charge in [-0.15, -0.1) is 0 Å². The van der Waals surface area contributed by atoms with Crippen molar-refractivity contribution < 1.29 is 13.2 Å². The van der Waals surface area contributed by atoms with E-state index in [4.69, 9.17) is 10.5 Å². The summed E-state index contributed by atoms with van der Waals surface area (Å²) in [5, 5.41) is 0. The number of nitrogen functional groups attached to an aromatic ring is 1. The van der Waals surface area contributed by atoms with Gasteiger partial charge in [0.25, 0.3) is 0 Å². The van der Waals surface area contributed by atoms with Crippen molar-refractivity contribution in [1.29, 1.82) is 0 Å². The lowest BCUT2D eigenvalue weighted by Crippen LogP contribution is -2.38. The summed E-state index contributed by atoms with van der Waals surface area (Å²) in [4.78, 5) is 0.265. The summed E-state index contributed by atoms with van der Waals surface area (Å²) in [5.74, 6) is 0.229. The van der Waals surface area contributed by atoms with E-state index >= 15 is 0 Å². The molecule has 2 atom stereocenters. The van der Waals surface area contributed by atoms with E-state index in [1.165, 1.54) is 6.07 Å². The number of rotatable bonds is 4. The molecule has 20 heavy (non-hydrogen) atoms. The summed E-state index contributed by atoms with van der Waals surface area (Å²) >= 11 is 0. The highest BCUT2D eigenvalue weighted by atomic mass is 32.2. The Bertz CT molecular complexity index is 593. The van der Waals surface area contributed by atoms with Crippen LogP contribution in [0.25, 0.3) is 0 Å². The van der Waals surface area contributed by atoms with Crippen LogP contribution in [0.1, 0.15) is 24.5 Å². The minimum absolute atomic E-state index is 0.149.